The van der Waals surface area contributed by atoms with Gasteiger partial charge in [0.25, 0.3) is 0 Å². The second-order valence-corrected chi connectivity index (χ2v) is 5.43. The number of nitrogens with two attached hydrogens (primary N) is 1. The Hall–Kier alpha value is -1.59. The molecule has 1 aromatic carbocycles. The average Bonchev–Trinajstić information content (AvgIpc) is 2.74. The fraction of sp³-hybridized carbons (Fsp3) is 0.308. The Bertz CT molecular complexity index is 512. The topological polar surface area (TPSA) is 62.4 Å². The monoisotopic (exact) mass is 263 g/mol. The van der Waals surface area contributed by atoms with E-state index in [-0.39, 0.29) is 0 Å². The number of anilines is 1. The zero-order valence-corrected chi connectivity index (χ0v) is 11.2. The van der Waals surface area contributed by atoms with Gasteiger partial charge in [-0.15, -0.1) is 11.3 Å². The van der Waals surface area contributed by atoms with Crippen LogP contribution in [0.5, 0.6) is 5.75 Å². The van der Waals surface area contributed by atoms with Crippen LogP contribution in [0.4, 0.5) is 5.13 Å². The molecular formula is C13H17N3OS. The first-order valence-corrected chi connectivity index (χ1v) is 6.62. The van der Waals surface area contributed by atoms with Crippen LogP contribution >= 0.6 is 11.3 Å². The Balaban J connectivity index is 1.85. The molecule has 0 bridgehead atoms. The highest BCUT2D eigenvalue weighted by molar-refractivity contribution is 7.15. The Kier molecular flexibility index (Phi) is 4.17. The van der Waals surface area contributed by atoms with E-state index in [0.29, 0.717) is 10.9 Å². The molecule has 18 heavy (non-hydrogen) atoms. The van der Waals surface area contributed by atoms with E-state index in [1.54, 1.807) is 6.07 Å². The van der Waals surface area contributed by atoms with Gasteiger partial charge in [-0.25, -0.2) is 4.98 Å². The molecule has 0 unspecified atom stereocenters. The van der Waals surface area contributed by atoms with Crippen LogP contribution in [-0.2, 0) is 13.0 Å². The van der Waals surface area contributed by atoms with Gasteiger partial charge < -0.3 is 15.7 Å². The van der Waals surface area contributed by atoms with Crippen molar-refractivity contribution in [3.05, 3.63) is 40.9 Å². The van der Waals surface area contributed by atoms with Crippen molar-refractivity contribution in [2.75, 3.05) is 19.3 Å². The fourth-order valence-corrected chi connectivity index (χ4v) is 2.54. The number of aromatic nitrogens is 1. The number of nitrogen functional groups attached to an aromatic ring is 1. The van der Waals surface area contributed by atoms with Crippen molar-refractivity contribution in [3.8, 4) is 5.75 Å². The molecule has 3 N–H and O–H groups in total. The summed E-state index contributed by atoms with van der Waals surface area (Å²) >= 11 is 1.52. The lowest BCUT2D eigenvalue weighted by Crippen LogP contribution is -2.20. The summed E-state index contributed by atoms with van der Waals surface area (Å²) in [6.45, 7) is 1.72. The normalized spacial score (nSPS) is 11.0. The summed E-state index contributed by atoms with van der Waals surface area (Å²) in [6.07, 6.45) is 2.65. The molecule has 1 heterocycles. The van der Waals surface area contributed by atoms with Crippen LogP contribution in [0.3, 0.4) is 0 Å². The first-order valence-electron chi connectivity index (χ1n) is 5.81. The molecule has 2 aromatic rings. The minimum Gasteiger partial charge on any atom is -0.508 e. The van der Waals surface area contributed by atoms with Crippen LogP contribution in [-0.4, -0.2) is 28.6 Å². The first-order chi connectivity index (χ1) is 8.65. The van der Waals surface area contributed by atoms with E-state index in [1.807, 2.05) is 24.4 Å². The van der Waals surface area contributed by atoms with Gasteiger partial charge in [0.2, 0.25) is 0 Å². The summed E-state index contributed by atoms with van der Waals surface area (Å²) in [5.41, 5.74) is 6.57. The molecule has 5 heteroatoms. The van der Waals surface area contributed by atoms with Crippen LogP contribution in [0.2, 0.25) is 0 Å². The maximum absolute atomic E-state index is 9.67. The van der Waals surface area contributed by atoms with Gasteiger partial charge in [0.05, 0.1) is 0 Å². The van der Waals surface area contributed by atoms with E-state index < -0.39 is 0 Å². The second-order valence-electron chi connectivity index (χ2n) is 4.28. The summed E-state index contributed by atoms with van der Waals surface area (Å²) in [4.78, 5) is 7.39. The number of thiazole rings is 1. The Morgan fingerprint density at radius 3 is 2.83 bits per heavy atom. The van der Waals surface area contributed by atoms with E-state index >= 15 is 0 Å². The SMILES string of the molecule is CN(CCc1ccccc1O)Cc1cnc(N)s1. The fourth-order valence-electron chi connectivity index (χ4n) is 1.77. The highest BCUT2D eigenvalue weighted by Crippen LogP contribution is 2.18. The molecule has 4 nitrogen and oxygen atoms in total. The molecule has 0 aliphatic carbocycles. The minimum absolute atomic E-state index is 0.368. The van der Waals surface area contributed by atoms with Gasteiger partial charge in [-0.2, -0.15) is 0 Å². The average molecular weight is 263 g/mol. The number of benzene rings is 1. The highest BCUT2D eigenvalue weighted by Gasteiger charge is 2.05. The molecule has 1 aromatic heterocycles. The molecule has 2 rings (SSSR count). The van der Waals surface area contributed by atoms with Crippen molar-refractivity contribution in [3.63, 3.8) is 0 Å². The molecule has 0 aliphatic heterocycles. The van der Waals surface area contributed by atoms with Crippen LogP contribution in [0.15, 0.2) is 30.5 Å². The molecule has 0 saturated heterocycles. The summed E-state index contributed by atoms with van der Waals surface area (Å²) in [7, 11) is 2.05. The van der Waals surface area contributed by atoms with Gasteiger partial charge in [0, 0.05) is 24.2 Å². The lowest BCUT2D eigenvalue weighted by molar-refractivity contribution is 0.331. The third-order valence-electron chi connectivity index (χ3n) is 2.75. The number of phenols is 1. The quantitative estimate of drug-likeness (QED) is 0.867. The lowest BCUT2D eigenvalue weighted by atomic mass is 10.1. The van der Waals surface area contributed by atoms with E-state index in [0.717, 1.165) is 30.0 Å². The van der Waals surface area contributed by atoms with Crippen molar-refractivity contribution < 1.29 is 5.11 Å². The number of likely N-dealkylation sites (N-methyl/N-ethyl adjacent to an activating group) is 1. The van der Waals surface area contributed by atoms with Gasteiger partial charge in [-0.3, -0.25) is 0 Å². The minimum atomic E-state index is 0.368. The van der Waals surface area contributed by atoms with Gasteiger partial charge in [-0.1, -0.05) is 18.2 Å². The third-order valence-corrected chi connectivity index (χ3v) is 3.56. The summed E-state index contributed by atoms with van der Waals surface area (Å²) in [6, 6.07) is 7.45. The number of rotatable bonds is 5. The van der Waals surface area contributed by atoms with E-state index in [2.05, 4.69) is 16.9 Å². The standard InChI is InChI=1S/C13H17N3OS/c1-16(9-11-8-15-13(14)18-11)7-6-10-4-2-3-5-12(10)17/h2-5,8,17H,6-7,9H2,1H3,(H2,14,15). The van der Waals surface area contributed by atoms with Crippen LogP contribution in [0.1, 0.15) is 10.4 Å². The number of phenolic OH excluding ortho intramolecular Hbond substituents is 1. The Morgan fingerprint density at radius 1 is 1.39 bits per heavy atom. The van der Waals surface area contributed by atoms with Crippen molar-refractivity contribution >= 4 is 16.5 Å². The summed E-state index contributed by atoms with van der Waals surface area (Å²) in [5, 5.41) is 10.3. The maximum atomic E-state index is 9.67. The summed E-state index contributed by atoms with van der Waals surface area (Å²) in [5.74, 6) is 0.368. The molecular weight excluding hydrogens is 246 g/mol. The lowest BCUT2D eigenvalue weighted by Gasteiger charge is -2.15. The molecule has 0 fully saturated rings. The number of aromatic hydroxyl groups is 1. The zero-order chi connectivity index (χ0) is 13.0. The van der Waals surface area contributed by atoms with Crippen LogP contribution in [0, 0.1) is 0 Å². The van der Waals surface area contributed by atoms with Crippen LogP contribution < -0.4 is 5.73 Å². The van der Waals surface area contributed by atoms with Crippen molar-refractivity contribution in [2.45, 2.75) is 13.0 Å². The number of para-hydroxylation sites is 1. The van der Waals surface area contributed by atoms with E-state index in [4.69, 9.17) is 5.73 Å². The highest BCUT2D eigenvalue weighted by atomic mass is 32.1. The number of hydrogen-bond donors (Lipinski definition) is 2. The van der Waals surface area contributed by atoms with Gasteiger partial charge in [0.15, 0.2) is 5.13 Å². The van der Waals surface area contributed by atoms with Crippen molar-refractivity contribution in [1.82, 2.24) is 9.88 Å². The number of hydrogen-bond acceptors (Lipinski definition) is 5. The maximum Gasteiger partial charge on any atom is 0.180 e. The number of nitrogens with zero attached hydrogens (tertiary/aromatic N) is 2. The summed E-state index contributed by atoms with van der Waals surface area (Å²) < 4.78 is 0. The van der Waals surface area contributed by atoms with Crippen molar-refractivity contribution in [1.29, 1.82) is 0 Å². The molecule has 0 saturated carbocycles. The van der Waals surface area contributed by atoms with Gasteiger partial charge >= 0.3 is 0 Å². The zero-order valence-electron chi connectivity index (χ0n) is 10.3. The van der Waals surface area contributed by atoms with Crippen LogP contribution in [0.25, 0.3) is 0 Å². The predicted octanol–water partition coefficient (Wildman–Crippen LogP) is 2.11. The molecule has 0 atom stereocenters. The van der Waals surface area contributed by atoms with E-state index in [9.17, 15) is 5.11 Å². The van der Waals surface area contributed by atoms with Gasteiger partial charge in [-0.05, 0) is 25.1 Å². The first kappa shape index (κ1) is 12.9. The van der Waals surface area contributed by atoms with Crippen molar-refractivity contribution in [2.24, 2.45) is 0 Å². The predicted molar refractivity (Wildman–Crippen MR) is 74.7 cm³/mol. The third kappa shape index (κ3) is 3.45. The Labute approximate surface area is 111 Å². The van der Waals surface area contributed by atoms with E-state index in [1.165, 1.54) is 11.3 Å². The molecule has 0 amide bonds. The molecule has 96 valence electrons. The Morgan fingerprint density at radius 2 is 2.17 bits per heavy atom. The molecule has 0 spiro atoms. The molecule has 0 radical (unpaired) electrons. The van der Waals surface area contributed by atoms with Gasteiger partial charge in [0.1, 0.15) is 5.75 Å². The smallest absolute Gasteiger partial charge is 0.180 e. The molecule has 0 aliphatic rings. The largest absolute Gasteiger partial charge is 0.508 e. The second kappa shape index (κ2) is 5.84.